The molecule has 3 nitrogen and oxygen atoms in total. The van der Waals surface area contributed by atoms with E-state index in [1.165, 1.54) is 0 Å². The molecular weight excluding hydrogens is 222 g/mol. The molecule has 0 fully saturated rings. The van der Waals surface area contributed by atoms with Crippen LogP contribution >= 0.6 is 11.6 Å². The van der Waals surface area contributed by atoms with E-state index in [0.29, 0.717) is 6.54 Å². The zero-order valence-corrected chi connectivity index (χ0v) is 9.48. The third-order valence-corrected chi connectivity index (χ3v) is 2.59. The van der Waals surface area contributed by atoms with Gasteiger partial charge in [0.2, 0.25) is 0 Å². The number of hydrogen-bond donors (Lipinski definition) is 1. The first-order valence-corrected chi connectivity index (χ1v) is 5.43. The number of nitrogens with zero attached hydrogens (tertiary/aromatic N) is 2. The van der Waals surface area contributed by atoms with Crippen molar-refractivity contribution in [1.82, 2.24) is 15.3 Å². The van der Waals surface area contributed by atoms with Gasteiger partial charge in [0.25, 0.3) is 0 Å². The summed E-state index contributed by atoms with van der Waals surface area (Å²) in [5.41, 5.74) is 2.07. The van der Waals surface area contributed by atoms with Crippen LogP contribution in [0.25, 0.3) is 0 Å². The Morgan fingerprint density at radius 2 is 2.00 bits per heavy atom. The number of aromatic nitrogens is 2. The summed E-state index contributed by atoms with van der Waals surface area (Å²) in [5, 5.41) is 4.07. The predicted molar refractivity (Wildman–Crippen MR) is 64.0 cm³/mol. The van der Waals surface area contributed by atoms with E-state index >= 15 is 0 Å². The molecule has 0 radical (unpaired) electrons. The van der Waals surface area contributed by atoms with Crippen molar-refractivity contribution in [3.05, 3.63) is 59.1 Å². The highest BCUT2D eigenvalue weighted by Gasteiger charge is 1.98. The van der Waals surface area contributed by atoms with Gasteiger partial charge >= 0.3 is 0 Å². The molecule has 0 bridgehead atoms. The summed E-state index contributed by atoms with van der Waals surface area (Å²) in [7, 11) is 0. The SMILES string of the molecule is Clc1ccccc1CNCc1ccncn1. The van der Waals surface area contributed by atoms with E-state index in [4.69, 9.17) is 11.6 Å². The minimum atomic E-state index is 0.716. The highest BCUT2D eigenvalue weighted by molar-refractivity contribution is 6.31. The number of hydrogen-bond acceptors (Lipinski definition) is 3. The molecule has 0 unspecified atom stereocenters. The minimum Gasteiger partial charge on any atom is -0.307 e. The topological polar surface area (TPSA) is 37.8 Å². The van der Waals surface area contributed by atoms with Crippen LogP contribution in [0.2, 0.25) is 5.02 Å². The van der Waals surface area contributed by atoms with Gasteiger partial charge in [-0.05, 0) is 17.7 Å². The molecule has 0 aliphatic heterocycles. The summed E-state index contributed by atoms with van der Waals surface area (Å²) in [5.74, 6) is 0. The fourth-order valence-corrected chi connectivity index (χ4v) is 1.59. The molecule has 0 amide bonds. The summed E-state index contributed by atoms with van der Waals surface area (Å²) in [6, 6.07) is 9.70. The summed E-state index contributed by atoms with van der Waals surface area (Å²) < 4.78 is 0. The maximum absolute atomic E-state index is 6.04. The van der Waals surface area contributed by atoms with Crippen molar-refractivity contribution in [2.24, 2.45) is 0 Å². The van der Waals surface area contributed by atoms with Gasteiger partial charge in [0, 0.05) is 24.3 Å². The average molecular weight is 234 g/mol. The molecule has 0 aliphatic rings. The van der Waals surface area contributed by atoms with E-state index in [1.807, 2.05) is 30.3 Å². The first kappa shape index (κ1) is 11.0. The number of halogens is 1. The lowest BCUT2D eigenvalue weighted by atomic mass is 10.2. The van der Waals surface area contributed by atoms with Gasteiger partial charge in [-0.2, -0.15) is 0 Å². The van der Waals surface area contributed by atoms with Crippen LogP contribution in [0.3, 0.4) is 0 Å². The normalized spacial score (nSPS) is 10.3. The third-order valence-electron chi connectivity index (χ3n) is 2.22. The Morgan fingerprint density at radius 3 is 2.75 bits per heavy atom. The van der Waals surface area contributed by atoms with Crippen molar-refractivity contribution < 1.29 is 0 Å². The first-order valence-electron chi connectivity index (χ1n) is 5.05. The Kier molecular flexibility index (Phi) is 3.86. The monoisotopic (exact) mass is 233 g/mol. The second kappa shape index (κ2) is 5.58. The smallest absolute Gasteiger partial charge is 0.115 e. The fraction of sp³-hybridized carbons (Fsp3) is 0.167. The Morgan fingerprint density at radius 1 is 1.12 bits per heavy atom. The van der Waals surface area contributed by atoms with Crippen molar-refractivity contribution in [3.63, 3.8) is 0 Å². The number of benzene rings is 1. The fourth-order valence-electron chi connectivity index (χ4n) is 1.39. The zero-order chi connectivity index (χ0) is 11.2. The van der Waals surface area contributed by atoms with Crippen molar-refractivity contribution in [3.8, 4) is 0 Å². The molecule has 16 heavy (non-hydrogen) atoms. The largest absolute Gasteiger partial charge is 0.307 e. The van der Waals surface area contributed by atoms with Crippen molar-refractivity contribution in [2.75, 3.05) is 0 Å². The first-order chi connectivity index (χ1) is 7.86. The highest BCUT2D eigenvalue weighted by Crippen LogP contribution is 2.14. The molecule has 82 valence electrons. The molecule has 2 rings (SSSR count). The Hall–Kier alpha value is -1.45. The molecule has 2 aromatic rings. The van der Waals surface area contributed by atoms with Gasteiger partial charge in [-0.25, -0.2) is 9.97 Å². The maximum Gasteiger partial charge on any atom is 0.115 e. The van der Waals surface area contributed by atoms with Crippen LogP contribution in [-0.4, -0.2) is 9.97 Å². The van der Waals surface area contributed by atoms with Gasteiger partial charge in [0.05, 0.1) is 5.69 Å². The van der Waals surface area contributed by atoms with Crippen LogP contribution in [-0.2, 0) is 13.1 Å². The molecule has 0 spiro atoms. The van der Waals surface area contributed by atoms with Crippen LogP contribution < -0.4 is 5.32 Å². The van der Waals surface area contributed by atoms with E-state index in [1.54, 1.807) is 12.5 Å². The number of nitrogens with one attached hydrogen (secondary N) is 1. The molecule has 1 N–H and O–H groups in total. The molecule has 1 heterocycles. The van der Waals surface area contributed by atoms with Crippen molar-refractivity contribution >= 4 is 11.6 Å². The van der Waals surface area contributed by atoms with E-state index in [-0.39, 0.29) is 0 Å². The molecule has 4 heteroatoms. The lowest BCUT2D eigenvalue weighted by molar-refractivity contribution is 0.678. The predicted octanol–water partition coefficient (Wildman–Crippen LogP) is 2.42. The highest BCUT2D eigenvalue weighted by atomic mass is 35.5. The van der Waals surface area contributed by atoms with E-state index < -0.39 is 0 Å². The van der Waals surface area contributed by atoms with Crippen molar-refractivity contribution in [2.45, 2.75) is 13.1 Å². The van der Waals surface area contributed by atoms with Gasteiger partial charge in [0.1, 0.15) is 6.33 Å². The summed E-state index contributed by atoms with van der Waals surface area (Å²) in [6.07, 6.45) is 3.28. The Labute approximate surface area is 99.5 Å². The zero-order valence-electron chi connectivity index (χ0n) is 8.73. The molecule has 0 aliphatic carbocycles. The average Bonchev–Trinajstić information content (AvgIpc) is 2.33. The Balaban J connectivity index is 1.87. The summed E-state index contributed by atoms with van der Waals surface area (Å²) in [6.45, 7) is 1.46. The van der Waals surface area contributed by atoms with E-state index in [0.717, 1.165) is 22.8 Å². The number of rotatable bonds is 4. The van der Waals surface area contributed by atoms with Crippen LogP contribution in [0.1, 0.15) is 11.3 Å². The molecule has 0 saturated carbocycles. The van der Waals surface area contributed by atoms with Crippen molar-refractivity contribution in [1.29, 1.82) is 0 Å². The summed E-state index contributed by atoms with van der Waals surface area (Å²) in [4.78, 5) is 7.99. The lowest BCUT2D eigenvalue weighted by Gasteiger charge is -2.05. The van der Waals surface area contributed by atoms with Gasteiger partial charge in [0.15, 0.2) is 0 Å². The standard InChI is InChI=1S/C12H12ClN3/c13-12-4-2-1-3-10(12)7-15-8-11-5-6-14-9-16-11/h1-6,9,15H,7-8H2. The lowest BCUT2D eigenvalue weighted by Crippen LogP contribution is -2.13. The molecule has 0 atom stereocenters. The van der Waals surface area contributed by atoms with Crippen LogP contribution in [0, 0.1) is 0 Å². The van der Waals surface area contributed by atoms with Crippen LogP contribution in [0.4, 0.5) is 0 Å². The van der Waals surface area contributed by atoms with Crippen LogP contribution in [0.15, 0.2) is 42.9 Å². The molecule has 1 aromatic heterocycles. The summed E-state index contributed by atoms with van der Waals surface area (Å²) >= 11 is 6.04. The second-order valence-electron chi connectivity index (χ2n) is 3.40. The van der Waals surface area contributed by atoms with Gasteiger partial charge in [-0.15, -0.1) is 0 Å². The quantitative estimate of drug-likeness (QED) is 0.882. The third kappa shape index (κ3) is 3.02. The van der Waals surface area contributed by atoms with Gasteiger partial charge in [-0.1, -0.05) is 29.8 Å². The molecular formula is C12H12ClN3. The van der Waals surface area contributed by atoms with Gasteiger partial charge in [-0.3, -0.25) is 0 Å². The van der Waals surface area contributed by atoms with E-state index in [2.05, 4.69) is 15.3 Å². The van der Waals surface area contributed by atoms with E-state index in [9.17, 15) is 0 Å². The minimum absolute atomic E-state index is 0.716. The maximum atomic E-state index is 6.04. The molecule has 0 saturated heterocycles. The van der Waals surface area contributed by atoms with Crippen LogP contribution in [0.5, 0.6) is 0 Å². The Bertz CT molecular complexity index is 445. The second-order valence-corrected chi connectivity index (χ2v) is 3.80. The van der Waals surface area contributed by atoms with Gasteiger partial charge < -0.3 is 5.32 Å². The molecule has 1 aromatic carbocycles.